The molecule has 0 aromatic carbocycles. The molecule has 8 heavy (non-hydrogen) atoms. The van der Waals surface area contributed by atoms with Crippen molar-refractivity contribution < 1.29 is 0 Å². The maximum Gasteiger partial charge on any atom is 0.213 e. The summed E-state index contributed by atoms with van der Waals surface area (Å²) in [7, 11) is 0. The van der Waals surface area contributed by atoms with Crippen LogP contribution in [0.25, 0.3) is 4.96 Å². The van der Waals surface area contributed by atoms with Crippen LogP contribution in [-0.4, -0.2) is 14.6 Å². The fraction of sp³-hybridized carbons (Fsp3) is 0. The molecule has 0 spiro atoms. The minimum Gasteiger partial charge on any atom is -0.216 e. The Labute approximate surface area is 49.6 Å². The van der Waals surface area contributed by atoms with Crippen LogP contribution in [0.1, 0.15) is 0 Å². The van der Waals surface area contributed by atoms with E-state index in [0.717, 1.165) is 4.96 Å². The average molecular weight is 123 g/mol. The SMILES string of the molecule is [c]1cn2n[c]sc2n1. The van der Waals surface area contributed by atoms with Gasteiger partial charge in [-0.15, -0.1) is 0 Å². The predicted octanol–water partition coefficient (Wildman–Crippen LogP) is 0.391. The summed E-state index contributed by atoms with van der Waals surface area (Å²) in [5.41, 5.74) is 2.69. The van der Waals surface area contributed by atoms with E-state index in [4.69, 9.17) is 0 Å². The van der Waals surface area contributed by atoms with Crippen molar-refractivity contribution in [3.63, 3.8) is 0 Å². The van der Waals surface area contributed by atoms with Crippen LogP contribution in [0.5, 0.6) is 0 Å². The van der Waals surface area contributed by atoms with Gasteiger partial charge in [0.25, 0.3) is 0 Å². The second-order valence-corrected chi connectivity index (χ2v) is 2.04. The topological polar surface area (TPSA) is 30.2 Å². The highest BCUT2D eigenvalue weighted by atomic mass is 32.1. The number of fused-ring (bicyclic) bond motifs is 1. The van der Waals surface area contributed by atoms with Crippen LogP contribution >= 0.6 is 11.3 Å². The zero-order valence-corrected chi connectivity index (χ0v) is 4.64. The summed E-state index contributed by atoms with van der Waals surface area (Å²) in [5.74, 6) is 0. The van der Waals surface area contributed by atoms with Crippen molar-refractivity contribution in [2.75, 3.05) is 0 Å². The Balaban J connectivity index is 3.06. The second kappa shape index (κ2) is 1.29. The summed E-state index contributed by atoms with van der Waals surface area (Å²) in [6.07, 6.45) is 4.33. The number of hydrogen-bond acceptors (Lipinski definition) is 3. The van der Waals surface area contributed by atoms with Gasteiger partial charge in [-0.2, -0.15) is 5.10 Å². The summed E-state index contributed by atoms with van der Waals surface area (Å²) >= 11 is 1.38. The molecule has 0 unspecified atom stereocenters. The van der Waals surface area contributed by atoms with Gasteiger partial charge < -0.3 is 0 Å². The number of hydrogen-bond donors (Lipinski definition) is 0. The third-order valence-electron chi connectivity index (χ3n) is 0.822. The van der Waals surface area contributed by atoms with E-state index < -0.39 is 0 Å². The minimum atomic E-state index is 0.838. The second-order valence-electron chi connectivity index (χ2n) is 1.29. The zero-order chi connectivity index (χ0) is 5.40. The van der Waals surface area contributed by atoms with Crippen LogP contribution in [-0.2, 0) is 0 Å². The molecular weight excluding hydrogens is 122 g/mol. The molecule has 0 saturated carbocycles. The molecule has 0 aliphatic heterocycles. The number of nitrogens with zero attached hydrogens (tertiary/aromatic N) is 3. The largest absolute Gasteiger partial charge is 0.216 e. The quantitative estimate of drug-likeness (QED) is 0.507. The Morgan fingerprint density at radius 1 is 1.75 bits per heavy atom. The molecular formula is C4HN3S. The molecule has 4 heteroatoms. The highest BCUT2D eigenvalue weighted by Crippen LogP contribution is 2.01. The Morgan fingerprint density at radius 3 is 3.62 bits per heavy atom. The van der Waals surface area contributed by atoms with Gasteiger partial charge in [0, 0.05) is 0 Å². The van der Waals surface area contributed by atoms with E-state index in [1.165, 1.54) is 11.3 Å². The summed E-state index contributed by atoms with van der Waals surface area (Å²) < 4.78 is 1.63. The first kappa shape index (κ1) is 4.03. The predicted molar refractivity (Wildman–Crippen MR) is 28.5 cm³/mol. The summed E-state index contributed by atoms with van der Waals surface area (Å²) in [6, 6.07) is 0. The standard InChI is InChI=1S/C4HN3S/c1-2-7-4(5-1)8-3-6-7/h2H. The van der Waals surface area contributed by atoms with Crippen molar-refractivity contribution >= 4 is 16.3 Å². The van der Waals surface area contributed by atoms with Crippen LogP contribution < -0.4 is 0 Å². The van der Waals surface area contributed by atoms with E-state index in [2.05, 4.69) is 21.8 Å². The van der Waals surface area contributed by atoms with E-state index in [1.807, 2.05) is 0 Å². The summed E-state index contributed by atoms with van der Waals surface area (Å²) in [4.78, 5) is 4.68. The molecule has 2 aromatic rings. The monoisotopic (exact) mass is 123 g/mol. The lowest BCUT2D eigenvalue weighted by molar-refractivity contribution is 0.968. The lowest BCUT2D eigenvalue weighted by Gasteiger charge is -1.69. The van der Waals surface area contributed by atoms with Crippen LogP contribution in [0.2, 0.25) is 0 Å². The molecule has 0 amide bonds. The molecule has 0 bridgehead atoms. The molecule has 2 aromatic heterocycles. The molecule has 0 fully saturated rings. The van der Waals surface area contributed by atoms with Crippen molar-refractivity contribution in [3.8, 4) is 0 Å². The molecule has 2 rings (SSSR count). The highest BCUT2D eigenvalue weighted by molar-refractivity contribution is 7.14. The van der Waals surface area contributed by atoms with E-state index >= 15 is 0 Å². The Bertz CT molecular complexity index is 233. The van der Waals surface area contributed by atoms with E-state index in [1.54, 1.807) is 10.7 Å². The first-order chi connectivity index (χ1) is 3.97. The van der Waals surface area contributed by atoms with E-state index in [-0.39, 0.29) is 0 Å². The molecule has 0 aliphatic rings. The fourth-order valence-corrected chi connectivity index (χ4v) is 0.988. The van der Waals surface area contributed by atoms with E-state index in [9.17, 15) is 0 Å². The summed E-state index contributed by atoms with van der Waals surface area (Å²) in [5, 5.41) is 3.80. The first-order valence-corrected chi connectivity index (χ1v) is 2.87. The Morgan fingerprint density at radius 2 is 2.75 bits per heavy atom. The third kappa shape index (κ3) is 0.376. The van der Waals surface area contributed by atoms with Gasteiger partial charge in [0.1, 0.15) is 6.20 Å². The molecule has 2 radical (unpaired) electrons. The molecule has 0 atom stereocenters. The van der Waals surface area contributed by atoms with Gasteiger partial charge in [0.15, 0.2) is 5.51 Å². The number of rotatable bonds is 0. The van der Waals surface area contributed by atoms with Crippen molar-refractivity contribution in [3.05, 3.63) is 17.9 Å². The van der Waals surface area contributed by atoms with Gasteiger partial charge in [0.2, 0.25) is 4.96 Å². The van der Waals surface area contributed by atoms with Crippen LogP contribution in [0.3, 0.4) is 0 Å². The molecule has 0 N–H and O–H groups in total. The van der Waals surface area contributed by atoms with Crippen molar-refractivity contribution in [2.24, 2.45) is 0 Å². The molecule has 0 aliphatic carbocycles. The number of aromatic nitrogens is 3. The van der Waals surface area contributed by atoms with Crippen LogP contribution in [0.15, 0.2) is 6.20 Å². The lowest BCUT2D eigenvalue weighted by Crippen LogP contribution is -1.75. The number of imidazole rings is 1. The average Bonchev–Trinajstić information content (AvgIpc) is 2.15. The van der Waals surface area contributed by atoms with Crippen molar-refractivity contribution in [1.29, 1.82) is 0 Å². The van der Waals surface area contributed by atoms with Crippen molar-refractivity contribution in [1.82, 2.24) is 14.6 Å². The van der Waals surface area contributed by atoms with Gasteiger partial charge in [-0.05, 0) is 0 Å². The first-order valence-electron chi connectivity index (χ1n) is 2.05. The molecule has 0 saturated heterocycles. The van der Waals surface area contributed by atoms with Gasteiger partial charge >= 0.3 is 0 Å². The normalized spacial score (nSPS) is 10.5. The smallest absolute Gasteiger partial charge is 0.213 e. The van der Waals surface area contributed by atoms with Gasteiger partial charge in [-0.1, -0.05) is 11.3 Å². The minimum absolute atomic E-state index is 0.838. The Kier molecular flexibility index (Phi) is 0.648. The molecule has 3 nitrogen and oxygen atoms in total. The maximum atomic E-state index is 3.84. The van der Waals surface area contributed by atoms with Crippen LogP contribution in [0.4, 0.5) is 0 Å². The van der Waals surface area contributed by atoms with Gasteiger partial charge in [-0.25, -0.2) is 9.50 Å². The fourth-order valence-electron chi connectivity index (χ4n) is 0.492. The van der Waals surface area contributed by atoms with E-state index in [0.29, 0.717) is 0 Å². The Hall–Kier alpha value is -0.900. The molecule has 2 heterocycles. The van der Waals surface area contributed by atoms with Crippen LogP contribution in [0, 0.1) is 11.7 Å². The van der Waals surface area contributed by atoms with Crippen molar-refractivity contribution in [2.45, 2.75) is 0 Å². The molecule has 38 valence electrons. The van der Waals surface area contributed by atoms with Gasteiger partial charge in [-0.3, -0.25) is 0 Å². The lowest BCUT2D eigenvalue weighted by atomic mass is 11.0. The summed E-state index contributed by atoms with van der Waals surface area (Å²) in [6.45, 7) is 0. The highest BCUT2D eigenvalue weighted by Gasteiger charge is 1.91. The maximum absolute atomic E-state index is 3.84. The third-order valence-corrected chi connectivity index (χ3v) is 1.46. The van der Waals surface area contributed by atoms with Gasteiger partial charge in [0.05, 0.1) is 6.20 Å². The zero-order valence-electron chi connectivity index (χ0n) is 3.83.